The lowest BCUT2D eigenvalue weighted by Crippen LogP contribution is -2.61. The molecule has 4 aliphatic heterocycles. The summed E-state index contributed by atoms with van der Waals surface area (Å²) in [5, 5.41) is 47.0. The Hall–Kier alpha value is -3.61. The highest BCUT2D eigenvalue weighted by Gasteiger charge is 2.53. The summed E-state index contributed by atoms with van der Waals surface area (Å²) in [6.45, 7) is 20.3. The van der Waals surface area contributed by atoms with Crippen LogP contribution in [0.1, 0.15) is 138 Å². The molecule has 4 N–H and O–H groups in total. The largest absolute Gasteiger partial charge is 0.460 e. The van der Waals surface area contributed by atoms with Crippen LogP contribution in [-0.4, -0.2) is 232 Å². The molecule has 1 amide bonds. The Bertz CT molecular complexity index is 2240. The lowest BCUT2D eigenvalue weighted by atomic mass is 9.78. The Labute approximate surface area is 514 Å². The number of esters is 1. The molecule has 0 radical (unpaired) electrons. The molecule has 4 heterocycles. The van der Waals surface area contributed by atoms with E-state index in [-0.39, 0.29) is 74.7 Å². The fourth-order valence-electron chi connectivity index (χ4n) is 12.8. The predicted octanol–water partition coefficient (Wildman–Crippen LogP) is 6.45. The summed E-state index contributed by atoms with van der Waals surface area (Å²) in [7, 11) is 6.83. The lowest BCUT2D eigenvalue weighted by Gasteiger charge is -2.43. The van der Waals surface area contributed by atoms with Gasteiger partial charge in [-0.1, -0.05) is 71.1 Å². The maximum Gasteiger partial charge on any atom is 0.329 e. The molecule has 0 aromatic rings. The van der Waals surface area contributed by atoms with Gasteiger partial charge in [-0.25, -0.2) is 4.79 Å². The Morgan fingerprint density at radius 1 is 0.791 bits per heavy atom. The third-order valence-electron chi connectivity index (χ3n) is 18.6. The van der Waals surface area contributed by atoms with Gasteiger partial charge in [0.05, 0.1) is 50.3 Å². The number of carbonyl (C=O) groups excluding carboxylic acids is 4. The number of methoxy groups -OCH3 is 3. The number of Topliss-reactive ketones (excluding diaryl/α,β-unsaturated/α-hetero) is 2. The van der Waals surface area contributed by atoms with Crippen LogP contribution in [0.4, 0.5) is 0 Å². The summed E-state index contributed by atoms with van der Waals surface area (Å²) in [4.78, 5) is 67.2. The number of fused-ring (bicyclic) bond motifs is 3. The Morgan fingerprint density at radius 2 is 1.52 bits per heavy atom. The van der Waals surface area contributed by atoms with E-state index in [1.807, 2.05) is 52.0 Å². The summed E-state index contributed by atoms with van der Waals surface area (Å²) in [5.74, 6) is -7.00. The third-order valence-corrected chi connectivity index (χ3v) is 18.6. The molecule has 0 aromatic carbocycles. The summed E-state index contributed by atoms with van der Waals surface area (Å²) < 4.78 is 47.6. The summed E-state index contributed by atoms with van der Waals surface area (Å²) in [5.41, 5.74) is 1.95. The number of piperazine rings is 1. The number of carbonyl (C=O) groups is 4. The molecule has 16 atom stereocenters. The van der Waals surface area contributed by atoms with Crippen molar-refractivity contribution in [1.82, 2.24) is 14.7 Å². The highest BCUT2D eigenvalue weighted by atomic mass is 16.6. The van der Waals surface area contributed by atoms with E-state index in [1.54, 1.807) is 34.1 Å². The van der Waals surface area contributed by atoms with Crippen LogP contribution in [0.5, 0.6) is 0 Å². The zero-order valence-electron chi connectivity index (χ0n) is 54.0. The van der Waals surface area contributed by atoms with Gasteiger partial charge >= 0.3 is 5.97 Å². The minimum Gasteiger partial charge on any atom is -0.460 e. The number of hydrogen-bond acceptors (Lipinski definition) is 19. The van der Waals surface area contributed by atoms with Crippen molar-refractivity contribution in [3.05, 3.63) is 47.6 Å². The van der Waals surface area contributed by atoms with Crippen molar-refractivity contribution < 1.29 is 77.5 Å². The smallest absolute Gasteiger partial charge is 0.329 e. The van der Waals surface area contributed by atoms with Gasteiger partial charge in [-0.2, -0.15) is 0 Å². The topological polar surface area (TPSA) is 245 Å². The number of ether oxygens (including phenoxy) is 8. The molecule has 5 rings (SSSR count). The molecule has 0 aromatic heterocycles. The zero-order chi connectivity index (χ0) is 62.9. The number of hydrogen-bond donors (Lipinski definition) is 4. The van der Waals surface area contributed by atoms with Crippen molar-refractivity contribution in [2.75, 3.05) is 107 Å². The highest BCUT2D eigenvalue weighted by molar-refractivity contribution is 6.39. The van der Waals surface area contributed by atoms with Crippen LogP contribution in [0.3, 0.4) is 0 Å². The number of rotatable bonds is 20. The Kier molecular flexibility index (Phi) is 31.9. The number of piperidine rings is 1. The van der Waals surface area contributed by atoms with Gasteiger partial charge in [-0.3, -0.25) is 24.3 Å². The van der Waals surface area contributed by atoms with E-state index >= 15 is 0 Å². The quantitative estimate of drug-likeness (QED) is 0.0443. The first-order valence-electron chi connectivity index (χ1n) is 32.1. The normalized spacial score (nSPS) is 36.3. The molecule has 1 saturated carbocycles. The van der Waals surface area contributed by atoms with Crippen molar-refractivity contribution in [2.24, 2.45) is 40.5 Å². The van der Waals surface area contributed by atoms with Crippen LogP contribution in [0.2, 0.25) is 0 Å². The van der Waals surface area contributed by atoms with Gasteiger partial charge in [-0.05, 0) is 126 Å². The molecular weight excluding hydrogens is 1100 g/mol. The number of allylic oxidation sites excluding steroid dienone is 5. The number of aliphatic imine (C=N–C) groups is 1. The molecule has 5 aliphatic rings. The molecule has 0 unspecified atom stereocenters. The summed E-state index contributed by atoms with van der Waals surface area (Å²) >= 11 is 0. The minimum atomic E-state index is -2.44. The number of aliphatic hydroxyl groups excluding tert-OH is 3. The van der Waals surface area contributed by atoms with Crippen LogP contribution >= 0.6 is 0 Å². The molecule has 4 fully saturated rings. The molecule has 3 saturated heterocycles. The van der Waals surface area contributed by atoms with Crippen molar-refractivity contribution in [2.45, 2.75) is 199 Å². The van der Waals surface area contributed by atoms with Gasteiger partial charge in [0.25, 0.3) is 11.7 Å². The second kappa shape index (κ2) is 37.5. The zero-order valence-corrected chi connectivity index (χ0v) is 54.0. The number of ketones is 2. The van der Waals surface area contributed by atoms with E-state index in [0.717, 1.165) is 44.7 Å². The average Bonchev–Trinajstić information content (AvgIpc) is 1.28. The first-order chi connectivity index (χ1) is 41.1. The second-order valence-corrected chi connectivity index (χ2v) is 25.5. The number of aliphatic hydroxyl groups is 4. The van der Waals surface area contributed by atoms with Crippen LogP contribution < -0.4 is 0 Å². The minimum absolute atomic E-state index is 0.00786. The maximum absolute atomic E-state index is 14.6. The first kappa shape index (κ1) is 73.1. The number of likely N-dealkylation sites (N-methyl/N-ethyl adjacent to an activating group) is 1. The Morgan fingerprint density at radius 3 is 2.23 bits per heavy atom. The van der Waals surface area contributed by atoms with Gasteiger partial charge in [-0.15, -0.1) is 0 Å². The Balaban J connectivity index is 1.36. The lowest BCUT2D eigenvalue weighted by molar-refractivity contribution is -0.265. The average molecular weight is 1220 g/mol. The number of nitrogens with zero attached hydrogens (tertiary/aromatic N) is 4. The van der Waals surface area contributed by atoms with E-state index in [2.05, 4.69) is 29.8 Å². The SMILES string of the molecule is CO[C@H]1C[C@@H]2CC[C@@H](C)[C@@](O)(O2)C(=O)C(=O)N2CCCC[C@H]2C(=O)O[C@H]([C@H](C)C[C@@H]2CC[C@@H](O)[C@H](OC)C2)C[C@@H](O)[C@H](C)/C=C(\C)[C@@H](O)[C@@H](OC)C(=NCOCC(=O)CCCOCCOCCN2CCN(C)CC2)[C@H](C)C[C@H](C)/C=C/C=C/C=C/1C. The maximum atomic E-state index is 14.6. The number of amides is 1. The van der Waals surface area contributed by atoms with Crippen LogP contribution in [0.25, 0.3) is 0 Å². The monoisotopic (exact) mass is 1210 g/mol. The second-order valence-electron chi connectivity index (χ2n) is 25.5. The van der Waals surface area contributed by atoms with E-state index in [1.165, 1.54) is 12.0 Å². The predicted molar refractivity (Wildman–Crippen MR) is 329 cm³/mol. The molecule has 490 valence electrons. The van der Waals surface area contributed by atoms with Crippen LogP contribution in [0, 0.1) is 35.5 Å². The highest BCUT2D eigenvalue weighted by Crippen LogP contribution is 2.38. The van der Waals surface area contributed by atoms with Gasteiger partial charge in [0.1, 0.15) is 37.7 Å². The van der Waals surface area contributed by atoms with E-state index in [0.29, 0.717) is 102 Å². The molecule has 2 bridgehead atoms. The molecular formula is C66H110N4O16. The van der Waals surface area contributed by atoms with Crippen molar-refractivity contribution in [3.8, 4) is 0 Å². The summed E-state index contributed by atoms with van der Waals surface area (Å²) in [6.07, 6.45) is 12.1. The molecule has 0 spiro atoms. The van der Waals surface area contributed by atoms with Crippen LogP contribution in [0.15, 0.2) is 52.6 Å². The van der Waals surface area contributed by atoms with Crippen LogP contribution in [-0.2, 0) is 57.1 Å². The molecule has 86 heavy (non-hydrogen) atoms. The molecule has 1 aliphatic carbocycles. The third kappa shape index (κ3) is 22.7. The fraction of sp³-hybridized carbons (Fsp3) is 0.803. The summed E-state index contributed by atoms with van der Waals surface area (Å²) in [6, 6.07) is -1.13. The fourth-order valence-corrected chi connectivity index (χ4v) is 12.8. The van der Waals surface area contributed by atoms with E-state index in [9.17, 15) is 39.6 Å². The van der Waals surface area contributed by atoms with E-state index in [4.69, 9.17) is 42.9 Å². The number of cyclic esters (lactones) is 1. The van der Waals surface area contributed by atoms with Crippen molar-refractivity contribution in [1.29, 1.82) is 0 Å². The standard InChI is InChI=1S/C66H110N4O16/c1-44-18-13-12-14-19-45(2)57(79-9)40-53-24-22-50(7)66(78,86-53)63(75)64(76)70-26-16-15-21-54(70)65(77)85-58(47(4)38-51-23-25-55(72)59(39-51)80-10)41-56(73)46(3)37-49(6)61(74)62(81-11)60(48(5)36-44)67-43-84-42-52(71)20-17-32-82-34-35-83-33-31-69-29-27-68(8)28-30-69/h12-14,18-19,37,44,46-48,50-51,53-59,61-62,72-74,78H,15-17,20-36,38-43H2,1-11H3/b14-12+,18-13+,45-19+,49-37+,67-60?/t44-,46-,47-,48-,50-,51+,53+,54+,55-,56-,57+,58+,59-,61-,62+,66-/m1/s1. The van der Waals surface area contributed by atoms with Gasteiger partial charge in [0, 0.05) is 104 Å². The van der Waals surface area contributed by atoms with Gasteiger partial charge in [0.2, 0.25) is 5.79 Å². The van der Waals surface area contributed by atoms with Gasteiger partial charge < -0.3 is 68.1 Å². The van der Waals surface area contributed by atoms with E-state index < -0.39 is 84.1 Å². The first-order valence-corrected chi connectivity index (χ1v) is 32.1. The molecule has 20 nitrogen and oxygen atoms in total. The van der Waals surface area contributed by atoms with Gasteiger partial charge in [0.15, 0.2) is 5.78 Å². The molecule has 20 heteroatoms. The van der Waals surface area contributed by atoms with Crippen molar-refractivity contribution >= 4 is 29.2 Å². The van der Waals surface area contributed by atoms with Crippen molar-refractivity contribution in [3.63, 3.8) is 0 Å².